The van der Waals surface area contributed by atoms with E-state index in [1.165, 1.54) is 12.1 Å². The van der Waals surface area contributed by atoms with Crippen LogP contribution in [0.5, 0.6) is 5.75 Å². The maximum atomic E-state index is 13.5. The first-order chi connectivity index (χ1) is 9.51. The molecule has 0 aliphatic carbocycles. The molecule has 2 rings (SSSR count). The van der Waals surface area contributed by atoms with Gasteiger partial charge in [-0.25, -0.2) is 4.39 Å². The number of halogens is 1. The lowest BCUT2D eigenvalue weighted by Gasteiger charge is -2.08. The van der Waals surface area contributed by atoms with Crippen molar-refractivity contribution in [1.82, 2.24) is 9.78 Å². The van der Waals surface area contributed by atoms with E-state index in [1.807, 2.05) is 20.0 Å². The van der Waals surface area contributed by atoms with E-state index < -0.39 is 12.9 Å². The van der Waals surface area contributed by atoms with E-state index in [-0.39, 0.29) is 12.1 Å². The number of nitrogens with zero attached hydrogens (tertiary/aromatic N) is 2. The Morgan fingerprint density at radius 1 is 1.35 bits per heavy atom. The molecule has 0 saturated carbocycles. The number of rotatable bonds is 5. The largest absolute Gasteiger partial charge is 0.491 e. The molecular formula is C13H16BFN2O3. The van der Waals surface area contributed by atoms with Gasteiger partial charge in [0.1, 0.15) is 18.2 Å². The fraction of sp³-hybridized carbons (Fsp3) is 0.308. The normalized spacial score (nSPS) is 10.7. The molecule has 2 N–H and O–H groups in total. The van der Waals surface area contributed by atoms with Crippen molar-refractivity contribution in [3.63, 3.8) is 0 Å². The first-order valence-corrected chi connectivity index (χ1v) is 6.31. The maximum absolute atomic E-state index is 13.5. The molecule has 0 amide bonds. The Morgan fingerprint density at radius 2 is 2.10 bits per heavy atom. The third kappa shape index (κ3) is 3.18. The molecule has 1 aromatic carbocycles. The van der Waals surface area contributed by atoms with Crippen LogP contribution in [0.4, 0.5) is 4.39 Å². The molecular weight excluding hydrogens is 262 g/mol. The van der Waals surface area contributed by atoms with Crippen molar-refractivity contribution < 1.29 is 19.2 Å². The average molecular weight is 278 g/mol. The first kappa shape index (κ1) is 14.6. The van der Waals surface area contributed by atoms with Gasteiger partial charge in [0.05, 0.1) is 11.4 Å². The van der Waals surface area contributed by atoms with E-state index >= 15 is 0 Å². The van der Waals surface area contributed by atoms with E-state index in [2.05, 4.69) is 5.10 Å². The van der Waals surface area contributed by atoms with Crippen LogP contribution in [-0.2, 0) is 20.1 Å². The molecule has 106 valence electrons. The van der Waals surface area contributed by atoms with E-state index in [0.717, 1.165) is 23.9 Å². The van der Waals surface area contributed by atoms with Crippen molar-refractivity contribution in [2.75, 3.05) is 0 Å². The van der Waals surface area contributed by atoms with Gasteiger partial charge in [0, 0.05) is 18.6 Å². The van der Waals surface area contributed by atoms with Crippen molar-refractivity contribution >= 4 is 12.6 Å². The summed E-state index contributed by atoms with van der Waals surface area (Å²) in [6.07, 6.45) is 0.839. The summed E-state index contributed by atoms with van der Waals surface area (Å²) in [5.41, 5.74) is 1.68. The summed E-state index contributed by atoms with van der Waals surface area (Å²) in [6.45, 7) is 2.28. The van der Waals surface area contributed by atoms with Crippen LogP contribution in [0.2, 0.25) is 0 Å². The molecule has 7 heteroatoms. The second-order valence-electron chi connectivity index (χ2n) is 4.45. The van der Waals surface area contributed by atoms with Gasteiger partial charge < -0.3 is 14.8 Å². The molecule has 0 radical (unpaired) electrons. The van der Waals surface area contributed by atoms with Gasteiger partial charge in [0.2, 0.25) is 0 Å². The van der Waals surface area contributed by atoms with Crippen LogP contribution < -0.4 is 10.2 Å². The SMILES string of the molecule is CCc1cc(COc2ccc(B(O)O)c(F)c2)n(C)n1. The Labute approximate surface area is 116 Å². The van der Waals surface area contributed by atoms with Crippen molar-refractivity contribution in [2.24, 2.45) is 7.05 Å². The summed E-state index contributed by atoms with van der Waals surface area (Å²) < 4.78 is 20.8. The number of aromatic nitrogens is 2. The molecule has 0 bridgehead atoms. The highest BCUT2D eigenvalue weighted by Gasteiger charge is 2.16. The van der Waals surface area contributed by atoms with Crippen LogP contribution in [0, 0.1) is 5.82 Å². The number of ether oxygens (including phenoxy) is 1. The zero-order chi connectivity index (χ0) is 14.7. The van der Waals surface area contributed by atoms with E-state index in [0.29, 0.717) is 5.75 Å². The van der Waals surface area contributed by atoms with Crippen LogP contribution in [0.25, 0.3) is 0 Å². The highest BCUT2D eigenvalue weighted by molar-refractivity contribution is 6.58. The highest BCUT2D eigenvalue weighted by atomic mass is 19.1. The zero-order valence-electron chi connectivity index (χ0n) is 11.4. The lowest BCUT2D eigenvalue weighted by atomic mass is 9.80. The Balaban J connectivity index is 2.07. The van der Waals surface area contributed by atoms with Crippen molar-refractivity contribution in [3.05, 3.63) is 41.5 Å². The molecule has 0 atom stereocenters. The van der Waals surface area contributed by atoms with E-state index in [1.54, 1.807) is 4.68 Å². The molecule has 2 aromatic rings. The summed E-state index contributed by atoms with van der Waals surface area (Å²) in [5, 5.41) is 22.2. The second-order valence-corrected chi connectivity index (χ2v) is 4.45. The molecule has 1 aromatic heterocycles. The van der Waals surface area contributed by atoms with Crippen molar-refractivity contribution in [1.29, 1.82) is 0 Å². The Hall–Kier alpha value is -1.86. The van der Waals surface area contributed by atoms with Gasteiger partial charge in [0.15, 0.2) is 0 Å². The standard InChI is InChI=1S/C13H16BFN2O3/c1-3-9-6-10(17(2)16-9)8-20-11-4-5-12(14(18)19)13(15)7-11/h4-7,18-19H,3,8H2,1-2H3. The molecule has 0 aliphatic rings. The van der Waals surface area contributed by atoms with Crippen LogP contribution in [0.1, 0.15) is 18.3 Å². The predicted molar refractivity (Wildman–Crippen MR) is 73.1 cm³/mol. The minimum absolute atomic E-state index is 0.175. The third-order valence-corrected chi connectivity index (χ3v) is 3.03. The van der Waals surface area contributed by atoms with E-state index in [4.69, 9.17) is 14.8 Å². The molecule has 0 aliphatic heterocycles. The third-order valence-electron chi connectivity index (χ3n) is 3.03. The van der Waals surface area contributed by atoms with Crippen molar-refractivity contribution in [2.45, 2.75) is 20.0 Å². The second kappa shape index (κ2) is 6.07. The van der Waals surface area contributed by atoms with Gasteiger partial charge in [-0.2, -0.15) is 5.10 Å². The maximum Gasteiger partial charge on any atom is 0.491 e. The molecule has 0 unspecified atom stereocenters. The smallest absolute Gasteiger partial charge is 0.487 e. The number of hydrogen-bond acceptors (Lipinski definition) is 4. The lowest BCUT2D eigenvalue weighted by Crippen LogP contribution is -2.32. The minimum atomic E-state index is -1.83. The van der Waals surface area contributed by atoms with Gasteiger partial charge >= 0.3 is 7.12 Å². The summed E-state index contributed by atoms with van der Waals surface area (Å²) in [6, 6.07) is 5.85. The molecule has 1 heterocycles. The van der Waals surface area contributed by atoms with Gasteiger partial charge in [-0.3, -0.25) is 4.68 Å². The van der Waals surface area contributed by atoms with Crippen LogP contribution in [0.15, 0.2) is 24.3 Å². The summed E-state index contributed by atoms with van der Waals surface area (Å²) in [5.74, 6) is -0.386. The minimum Gasteiger partial charge on any atom is -0.487 e. The van der Waals surface area contributed by atoms with Crippen LogP contribution in [-0.4, -0.2) is 26.9 Å². The fourth-order valence-corrected chi connectivity index (χ4v) is 1.84. The number of aryl methyl sites for hydroxylation is 2. The monoisotopic (exact) mass is 278 g/mol. The fourth-order valence-electron chi connectivity index (χ4n) is 1.84. The summed E-state index contributed by atoms with van der Waals surface area (Å²) in [4.78, 5) is 0. The van der Waals surface area contributed by atoms with Gasteiger partial charge in [-0.05, 0) is 18.6 Å². The highest BCUT2D eigenvalue weighted by Crippen LogP contribution is 2.14. The molecule has 20 heavy (non-hydrogen) atoms. The van der Waals surface area contributed by atoms with Crippen LogP contribution >= 0.6 is 0 Å². The summed E-state index contributed by atoms with van der Waals surface area (Å²) >= 11 is 0. The average Bonchev–Trinajstić information content (AvgIpc) is 2.76. The topological polar surface area (TPSA) is 67.5 Å². The Morgan fingerprint density at radius 3 is 2.65 bits per heavy atom. The molecule has 0 saturated heterocycles. The molecule has 0 spiro atoms. The quantitative estimate of drug-likeness (QED) is 0.776. The van der Waals surface area contributed by atoms with Crippen molar-refractivity contribution in [3.8, 4) is 5.75 Å². The Kier molecular flexibility index (Phi) is 4.41. The van der Waals surface area contributed by atoms with E-state index in [9.17, 15) is 4.39 Å². The summed E-state index contributed by atoms with van der Waals surface area (Å²) in [7, 11) is -0.00264. The first-order valence-electron chi connectivity index (χ1n) is 6.31. The van der Waals surface area contributed by atoms with Gasteiger partial charge in [-0.1, -0.05) is 13.0 Å². The number of benzene rings is 1. The number of hydrogen-bond donors (Lipinski definition) is 2. The van der Waals surface area contributed by atoms with Gasteiger partial charge in [0.25, 0.3) is 0 Å². The Bertz CT molecular complexity index is 601. The molecule has 5 nitrogen and oxygen atoms in total. The van der Waals surface area contributed by atoms with Gasteiger partial charge in [-0.15, -0.1) is 0 Å². The lowest BCUT2D eigenvalue weighted by molar-refractivity contribution is 0.293. The zero-order valence-corrected chi connectivity index (χ0v) is 11.4. The molecule has 0 fully saturated rings. The van der Waals surface area contributed by atoms with Crippen LogP contribution in [0.3, 0.4) is 0 Å². The predicted octanol–water partition coefficient (Wildman–Crippen LogP) is 0.380.